The molecule has 0 aromatic heterocycles. The second-order valence-electron chi connectivity index (χ2n) is 3.90. The molecule has 0 spiro atoms. The van der Waals surface area contributed by atoms with Crippen LogP contribution in [0.4, 0.5) is 5.69 Å². The molecule has 1 aromatic carbocycles. The summed E-state index contributed by atoms with van der Waals surface area (Å²) in [6.07, 6.45) is 0. The Morgan fingerprint density at radius 3 is 2.33 bits per heavy atom. The molecule has 0 aliphatic heterocycles. The number of nitrogens with zero attached hydrogens (tertiary/aromatic N) is 1. The van der Waals surface area contributed by atoms with Crippen molar-refractivity contribution in [1.29, 1.82) is 0 Å². The molecule has 0 saturated carbocycles. The van der Waals surface area contributed by atoms with Gasteiger partial charge >= 0.3 is 0 Å². The maximum Gasteiger partial charge on any atom is 0.251 e. The van der Waals surface area contributed by atoms with Gasteiger partial charge < -0.3 is 16.0 Å². The van der Waals surface area contributed by atoms with Gasteiger partial charge in [0.05, 0.1) is 0 Å². The van der Waals surface area contributed by atoms with Gasteiger partial charge in [0.1, 0.15) is 0 Å². The first-order chi connectivity index (χ1) is 8.17. The van der Waals surface area contributed by atoms with Crippen molar-refractivity contribution in [2.24, 2.45) is 0 Å². The predicted molar refractivity (Wildman–Crippen MR) is 84.6 cm³/mol. The van der Waals surface area contributed by atoms with E-state index in [1.807, 2.05) is 0 Å². The van der Waals surface area contributed by atoms with Crippen molar-refractivity contribution in [3.8, 4) is 0 Å². The van der Waals surface area contributed by atoms with Crippen molar-refractivity contribution >= 4 is 24.0 Å². The molecule has 0 heterocycles. The topological polar surface area (TPSA) is 58.4 Å². The first-order valence-electron chi connectivity index (χ1n) is 6.03. The number of likely N-dealkylation sites (N-methyl/N-ethyl adjacent to an activating group) is 1. The minimum atomic E-state index is -0.0443. The molecule has 1 aromatic rings. The van der Waals surface area contributed by atoms with Gasteiger partial charge in [0.2, 0.25) is 0 Å². The molecule has 0 unspecified atom stereocenters. The SMILES string of the molecule is CCN(CC)CCNC(=O)c1ccc(N)cc1.Cl.[HH].[HH].[HH]. The number of nitrogens with two attached hydrogens (primary N) is 1. The summed E-state index contributed by atoms with van der Waals surface area (Å²) in [7, 11) is 0. The molecule has 5 heteroatoms. The number of benzene rings is 1. The molecule has 0 radical (unpaired) electrons. The van der Waals surface area contributed by atoms with Crippen molar-refractivity contribution in [1.82, 2.24) is 10.2 Å². The van der Waals surface area contributed by atoms with Crippen molar-refractivity contribution in [3.05, 3.63) is 29.8 Å². The number of hydrogen-bond acceptors (Lipinski definition) is 3. The van der Waals surface area contributed by atoms with Crippen LogP contribution in [-0.4, -0.2) is 37.0 Å². The number of carbonyl (C=O) groups is 1. The summed E-state index contributed by atoms with van der Waals surface area (Å²) >= 11 is 0. The third kappa shape index (κ3) is 5.38. The van der Waals surface area contributed by atoms with Crippen LogP contribution in [0.25, 0.3) is 0 Å². The van der Waals surface area contributed by atoms with Gasteiger partial charge in [-0.1, -0.05) is 13.8 Å². The fourth-order valence-electron chi connectivity index (χ4n) is 1.60. The molecule has 4 nitrogen and oxygen atoms in total. The molecule has 0 bridgehead atoms. The normalized spacial score (nSPS) is 9.94. The Labute approximate surface area is 119 Å². The van der Waals surface area contributed by atoms with Crippen LogP contribution in [0.3, 0.4) is 0 Å². The van der Waals surface area contributed by atoms with E-state index in [-0.39, 0.29) is 22.6 Å². The monoisotopic (exact) mass is 277 g/mol. The van der Waals surface area contributed by atoms with Crippen LogP contribution >= 0.6 is 12.4 Å². The average molecular weight is 278 g/mol. The van der Waals surface area contributed by atoms with Gasteiger partial charge in [0.15, 0.2) is 0 Å². The summed E-state index contributed by atoms with van der Waals surface area (Å²) < 4.78 is 0. The van der Waals surface area contributed by atoms with Gasteiger partial charge in [0.25, 0.3) is 5.91 Å². The van der Waals surface area contributed by atoms with E-state index in [1.54, 1.807) is 24.3 Å². The third-order valence-corrected chi connectivity index (χ3v) is 2.78. The second-order valence-corrected chi connectivity index (χ2v) is 3.90. The van der Waals surface area contributed by atoms with Gasteiger partial charge in [-0.3, -0.25) is 4.79 Å². The minimum absolute atomic E-state index is 0. The number of rotatable bonds is 6. The Morgan fingerprint density at radius 1 is 1.28 bits per heavy atom. The summed E-state index contributed by atoms with van der Waals surface area (Å²) in [5, 5.41) is 2.90. The lowest BCUT2D eigenvalue weighted by Crippen LogP contribution is -2.34. The highest BCUT2D eigenvalue weighted by Gasteiger charge is 2.05. The van der Waals surface area contributed by atoms with Crippen LogP contribution in [0.5, 0.6) is 0 Å². The van der Waals surface area contributed by atoms with Gasteiger partial charge in [0, 0.05) is 28.6 Å². The number of nitrogen functional groups attached to an aromatic ring is 1. The smallest absolute Gasteiger partial charge is 0.251 e. The number of halogens is 1. The number of amides is 1. The highest BCUT2D eigenvalue weighted by atomic mass is 35.5. The highest BCUT2D eigenvalue weighted by Crippen LogP contribution is 2.04. The standard InChI is InChI=1S/C13H21N3O.ClH.3H2/c1-3-16(4-2)10-9-15-13(17)11-5-7-12(14)8-6-11;;;;/h5-8H,3-4,9-10,14H2,1-2H3,(H,15,17);4*1H. The quantitative estimate of drug-likeness (QED) is 0.786. The van der Waals surface area contributed by atoms with Crippen LogP contribution in [0.1, 0.15) is 28.5 Å². The second kappa shape index (κ2) is 8.78. The van der Waals surface area contributed by atoms with E-state index in [0.717, 1.165) is 19.6 Å². The molecule has 0 atom stereocenters. The molecule has 0 aliphatic carbocycles. The Balaban J connectivity index is -0.000000361. The molecular weight excluding hydrogens is 250 g/mol. The third-order valence-electron chi connectivity index (χ3n) is 2.78. The molecule has 0 saturated heterocycles. The maximum absolute atomic E-state index is 11.7. The fourth-order valence-corrected chi connectivity index (χ4v) is 1.60. The maximum atomic E-state index is 11.7. The lowest BCUT2D eigenvalue weighted by Gasteiger charge is -2.17. The molecule has 1 amide bonds. The van der Waals surface area contributed by atoms with Crippen LogP contribution in [0.15, 0.2) is 24.3 Å². The lowest BCUT2D eigenvalue weighted by atomic mass is 10.2. The van der Waals surface area contributed by atoms with Gasteiger partial charge in [-0.15, -0.1) is 12.4 Å². The van der Waals surface area contributed by atoms with E-state index >= 15 is 0 Å². The molecular formula is C13H28ClN3O. The highest BCUT2D eigenvalue weighted by molar-refractivity contribution is 5.94. The Hall–Kier alpha value is -1.26. The molecule has 3 N–H and O–H groups in total. The van der Waals surface area contributed by atoms with Gasteiger partial charge in [-0.05, 0) is 37.4 Å². The summed E-state index contributed by atoms with van der Waals surface area (Å²) in [6, 6.07) is 6.95. The zero-order valence-electron chi connectivity index (χ0n) is 11.0. The summed E-state index contributed by atoms with van der Waals surface area (Å²) in [5.41, 5.74) is 6.89. The molecule has 18 heavy (non-hydrogen) atoms. The summed E-state index contributed by atoms with van der Waals surface area (Å²) in [6.45, 7) is 7.80. The van der Waals surface area contributed by atoms with Crippen LogP contribution in [-0.2, 0) is 0 Å². The Bertz CT molecular complexity index is 362. The van der Waals surface area contributed by atoms with E-state index in [1.165, 1.54) is 0 Å². The Kier molecular flexibility index (Phi) is 8.16. The summed E-state index contributed by atoms with van der Waals surface area (Å²) in [5.74, 6) is -0.0443. The van der Waals surface area contributed by atoms with Crippen LogP contribution in [0.2, 0.25) is 0 Å². The molecule has 0 aliphatic rings. The van der Waals surface area contributed by atoms with Crippen LogP contribution < -0.4 is 11.1 Å². The van der Waals surface area contributed by atoms with Crippen molar-refractivity contribution in [2.45, 2.75) is 13.8 Å². The number of nitrogens with one attached hydrogen (secondary N) is 1. The first kappa shape index (κ1) is 16.7. The fraction of sp³-hybridized carbons (Fsp3) is 0.462. The lowest BCUT2D eigenvalue weighted by molar-refractivity contribution is 0.0949. The minimum Gasteiger partial charge on any atom is -0.399 e. The van der Waals surface area contributed by atoms with Crippen LogP contribution in [0, 0.1) is 0 Å². The van der Waals surface area contributed by atoms with E-state index in [0.29, 0.717) is 17.8 Å². The van der Waals surface area contributed by atoms with E-state index in [2.05, 4.69) is 24.1 Å². The van der Waals surface area contributed by atoms with Crippen molar-refractivity contribution < 1.29 is 9.07 Å². The number of carbonyl (C=O) groups excluding carboxylic acids is 1. The average Bonchev–Trinajstić information content (AvgIpc) is 2.35. The predicted octanol–water partition coefficient (Wildman–Crippen LogP) is 2.50. The van der Waals surface area contributed by atoms with E-state index in [9.17, 15) is 4.79 Å². The van der Waals surface area contributed by atoms with Crippen molar-refractivity contribution in [3.63, 3.8) is 0 Å². The van der Waals surface area contributed by atoms with Gasteiger partial charge in [-0.2, -0.15) is 0 Å². The number of anilines is 1. The van der Waals surface area contributed by atoms with E-state index < -0.39 is 0 Å². The van der Waals surface area contributed by atoms with Crippen molar-refractivity contribution in [2.75, 3.05) is 31.9 Å². The van der Waals surface area contributed by atoms with Gasteiger partial charge in [-0.25, -0.2) is 0 Å². The Morgan fingerprint density at radius 2 is 1.83 bits per heavy atom. The number of hydrogen-bond donors (Lipinski definition) is 2. The zero-order chi connectivity index (χ0) is 12.7. The largest absolute Gasteiger partial charge is 0.399 e. The zero-order valence-corrected chi connectivity index (χ0v) is 11.8. The molecule has 1 rings (SSSR count). The first-order valence-corrected chi connectivity index (χ1v) is 6.03. The summed E-state index contributed by atoms with van der Waals surface area (Å²) in [4.78, 5) is 14.0. The molecule has 108 valence electrons. The van der Waals surface area contributed by atoms with E-state index in [4.69, 9.17) is 5.73 Å². The molecule has 0 fully saturated rings.